The van der Waals surface area contributed by atoms with E-state index in [1.54, 1.807) is 0 Å². The van der Waals surface area contributed by atoms with E-state index in [4.69, 9.17) is 0 Å². The summed E-state index contributed by atoms with van der Waals surface area (Å²) in [6.07, 6.45) is 1.00. The Labute approximate surface area is 45.4 Å². The molecule has 1 unspecified atom stereocenters. The van der Waals surface area contributed by atoms with Crippen LogP contribution in [0, 0.1) is 12.8 Å². The fraction of sp³-hybridized carbons (Fsp3) is 0.800. The summed E-state index contributed by atoms with van der Waals surface area (Å²) in [6, 6.07) is 0. The molecule has 0 nitrogen and oxygen atoms in total. The van der Waals surface area contributed by atoms with Crippen LogP contribution in [0.15, 0.2) is 0 Å². The van der Waals surface area contributed by atoms with Gasteiger partial charge in [0.15, 0.2) is 0 Å². The number of hydrogen-bond acceptors (Lipinski definition) is 1. The molecular formula is C5H11S. The van der Waals surface area contributed by atoms with Crippen molar-refractivity contribution in [2.75, 3.05) is 5.75 Å². The molecule has 0 aliphatic rings. The summed E-state index contributed by atoms with van der Waals surface area (Å²) in [5, 5.41) is 0. The van der Waals surface area contributed by atoms with Crippen LogP contribution in [0.3, 0.4) is 0 Å². The average molecular weight is 103 g/mol. The average Bonchev–Trinajstić information content (AvgIpc) is 1.65. The van der Waals surface area contributed by atoms with Gasteiger partial charge < -0.3 is 0 Å². The summed E-state index contributed by atoms with van der Waals surface area (Å²) in [5.41, 5.74) is 0. The van der Waals surface area contributed by atoms with E-state index in [1.165, 1.54) is 0 Å². The standard InChI is InChI=1S/C5H11S/c1-3-5(2)4-6/h5-6H,1,3-4H2,2H3. The summed E-state index contributed by atoms with van der Waals surface area (Å²) >= 11 is 4.06. The smallest absolute Gasteiger partial charge is 0.00721 e. The second-order valence-electron chi connectivity index (χ2n) is 1.58. The molecule has 0 spiro atoms. The van der Waals surface area contributed by atoms with E-state index in [0.29, 0.717) is 5.92 Å². The third-order valence-electron chi connectivity index (χ3n) is 0.804. The molecule has 1 atom stereocenters. The zero-order valence-corrected chi connectivity index (χ0v) is 5.04. The van der Waals surface area contributed by atoms with Crippen LogP contribution in [-0.4, -0.2) is 5.75 Å². The maximum atomic E-state index is 4.06. The highest BCUT2D eigenvalue weighted by Crippen LogP contribution is 1.99. The lowest BCUT2D eigenvalue weighted by Crippen LogP contribution is -1.90. The van der Waals surface area contributed by atoms with E-state index in [1.807, 2.05) is 0 Å². The third-order valence-corrected chi connectivity index (χ3v) is 1.43. The summed E-state index contributed by atoms with van der Waals surface area (Å²) < 4.78 is 0. The molecule has 0 bridgehead atoms. The third kappa shape index (κ3) is 2.58. The van der Waals surface area contributed by atoms with Gasteiger partial charge in [-0.1, -0.05) is 13.8 Å². The molecule has 0 fully saturated rings. The van der Waals surface area contributed by atoms with E-state index < -0.39 is 0 Å². The first-order valence-corrected chi connectivity index (χ1v) is 2.84. The van der Waals surface area contributed by atoms with Crippen molar-refractivity contribution in [3.63, 3.8) is 0 Å². The van der Waals surface area contributed by atoms with Gasteiger partial charge in [-0.15, -0.1) is 0 Å². The molecule has 0 saturated heterocycles. The summed E-state index contributed by atoms with van der Waals surface area (Å²) in [7, 11) is 0. The lowest BCUT2D eigenvalue weighted by Gasteiger charge is -1.98. The van der Waals surface area contributed by atoms with Gasteiger partial charge in [-0.25, -0.2) is 0 Å². The van der Waals surface area contributed by atoms with Crippen molar-refractivity contribution >= 4 is 12.6 Å². The molecule has 0 aromatic rings. The highest BCUT2D eigenvalue weighted by Gasteiger charge is 1.89. The van der Waals surface area contributed by atoms with Crippen LogP contribution in [0.4, 0.5) is 0 Å². The van der Waals surface area contributed by atoms with Crippen LogP contribution < -0.4 is 0 Å². The van der Waals surface area contributed by atoms with E-state index in [0.717, 1.165) is 12.2 Å². The molecule has 0 saturated carbocycles. The Morgan fingerprint density at radius 3 is 2.33 bits per heavy atom. The molecular weight excluding hydrogens is 92.1 g/mol. The van der Waals surface area contributed by atoms with Gasteiger partial charge in [0.1, 0.15) is 0 Å². The number of hydrogen-bond donors (Lipinski definition) is 1. The molecule has 0 rings (SSSR count). The normalized spacial score (nSPS) is 14.5. The maximum Gasteiger partial charge on any atom is -0.00721 e. The van der Waals surface area contributed by atoms with Crippen molar-refractivity contribution in [1.29, 1.82) is 0 Å². The molecule has 0 aromatic carbocycles. The van der Waals surface area contributed by atoms with Crippen LogP contribution in [0.25, 0.3) is 0 Å². The molecule has 1 radical (unpaired) electrons. The van der Waals surface area contributed by atoms with Gasteiger partial charge in [0.05, 0.1) is 0 Å². The monoisotopic (exact) mass is 103 g/mol. The highest BCUT2D eigenvalue weighted by molar-refractivity contribution is 7.80. The van der Waals surface area contributed by atoms with Gasteiger partial charge in [0, 0.05) is 0 Å². The van der Waals surface area contributed by atoms with Crippen LogP contribution >= 0.6 is 12.6 Å². The largest absolute Gasteiger partial charge is 0.179 e. The first-order chi connectivity index (χ1) is 2.81. The molecule has 6 heavy (non-hydrogen) atoms. The van der Waals surface area contributed by atoms with Crippen LogP contribution in [0.2, 0.25) is 0 Å². The van der Waals surface area contributed by atoms with E-state index >= 15 is 0 Å². The fourth-order valence-corrected chi connectivity index (χ4v) is 0.274. The molecule has 0 aromatic heterocycles. The molecule has 37 valence electrons. The molecule has 0 aliphatic carbocycles. The van der Waals surface area contributed by atoms with Crippen molar-refractivity contribution in [3.8, 4) is 0 Å². The Morgan fingerprint density at radius 1 is 1.83 bits per heavy atom. The summed E-state index contributed by atoms with van der Waals surface area (Å²) in [6.45, 7) is 5.85. The Balaban J connectivity index is 2.75. The molecule has 0 amide bonds. The predicted octanol–water partition coefficient (Wildman–Crippen LogP) is 1.78. The van der Waals surface area contributed by atoms with E-state index in [9.17, 15) is 0 Å². The van der Waals surface area contributed by atoms with Gasteiger partial charge in [-0.05, 0) is 18.1 Å². The first-order valence-electron chi connectivity index (χ1n) is 2.21. The number of thiol groups is 1. The van der Waals surface area contributed by atoms with Crippen LogP contribution in [0.1, 0.15) is 13.3 Å². The first kappa shape index (κ1) is 6.35. The van der Waals surface area contributed by atoms with Gasteiger partial charge in [0.25, 0.3) is 0 Å². The Bertz CT molecular complexity index is 23.1. The lowest BCUT2D eigenvalue weighted by atomic mass is 10.2. The Kier molecular flexibility index (Phi) is 3.74. The van der Waals surface area contributed by atoms with Crippen LogP contribution in [-0.2, 0) is 0 Å². The number of rotatable bonds is 2. The SMILES string of the molecule is [CH2]CC(C)CS. The van der Waals surface area contributed by atoms with E-state index in [-0.39, 0.29) is 0 Å². The van der Waals surface area contributed by atoms with Crippen molar-refractivity contribution in [1.82, 2.24) is 0 Å². The van der Waals surface area contributed by atoms with Crippen LogP contribution in [0.5, 0.6) is 0 Å². The summed E-state index contributed by atoms with van der Waals surface area (Å²) in [5.74, 6) is 1.65. The van der Waals surface area contributed by atoms with E-state index in [2.05, 4.69) is 26.5 Å². The second kappa shape index (κ2) is 3.54. The lowest BCUT2D eigenvalue weighted by molar-refractivity contribution is 0.675. The fourth-order valence-electron chi connectivity index (χ4n) is 0.0913. The van der Waals surface area contributed by atoms with Gasteiger partial charge in [-0.3, -0.25) is 0 Å². The quantitative estimate of drug-likeness (QED) is 0.506. The minimum absolute atomic E-state index is 0.688. The van der Waals surface area contributed by atoms with Crippen molar-refractivity contribution < 1.29 is 0 Å². The van der Waals surface area contributed by atoms with Gasteiger partial charge in [0.2, 0.25) is 0 Å². The highest BCUT2D eigenvalue weighted by atomic mass is 32.1. The minimum Gasteiger partial charge on any atom is -0.179 e. The second-order valence-corrected chi connectivity index (χ2v) is 1.94. The molecule has 0 heterocycles. The topological polar surface area (TPSA) is 0 Å². The molecule has 0 N–H and O–H groups in total. The predicted molar refractivity (Wildman–Crippen MR) is 33.0 cm³/mol. The zero-order valence-electron chi connectivity index (χ0n) is 4.15. The van der Waals surface area contributed by atoms with Gasteiger partial charge >= 0.3 is 0 Å². The molecule has 0 aliphatic heterocycles. The van der Waals surface area contributed by atoms with Crippen molar-refractivity contribution in [2.24, 2.45) is 5.92 Å². The van der Waals surface area contributed by atoms with Crippen molar-refractivity contribution in [2.45, 2.75) is 13.3 Å². The van der Waals surface area contributed by atoms with Gasteiger partial charge in [-0.2, -0.15) is 12.6 Å². The maximum absolute atomic E-state index is 4.06. The Hall–Kier alpha value is 0.350. The zero-order chi connectivity index (χ0) is 4.99. The Morgan fingerprint density at radius 2 is 2.33 bits per heavy atom. The van der Waals surface area contributed by atoms with Crippen molar-refractivity contribution in [3.05, 3.63) is 6.92 Å². The minimum atomic E-state index is 0.688. The molecule has 1 heteroatoms. The summed E-state index contributed by atoms with van der Waals surface area (Å²) in [4.78, 5) is 0.